The third kappa shape index (κ3) is 6.69. The van der Waals surface area contributed by atoms with E-state index in [2.05, 4.69) is 10.3 Å². The normalized spacial score (nSPS) is 11.5. The molecular weight excluding hydrogens is 512 g/mol. The Labute approximate surface area is 222 Å². The van der Waals surface area contributed by atoms with Crippen LogP contribution in [-0.4, -0.2) is 24.1 Å². The molecule has 0 fully saturated rings. The number of nitrogens with zero attached hydrogens (tertiary/aromatic N) is 1. The Bertz CT molecular complexity index is 1480. The second kappa shape index (κ2) is 12.1. The Morgan fingerprint density at radius 2 is 1.82 bits per heavy atom. The van der Waals surface area contributed by atoms with Crippen LogP contribution in [0.1, 0.15) is 40.4 Å². The highest BCUT2D eigenvalue weighted by Crippen LogP contribution is 2.35. The van der Waals surface area contributed by atoms with E-state index >= 15 is 0 Å². The maximum atomic E-state index is 14.0. The third-order valence-corrected chi connectivity index (χ3v) is 5.63. The number of hydrogen-bond acceptors (Lipinski definition) is 7. The van der Waals surface area contributed by atoms with Crippen LogP contribution >= 0.6 is 0 Å². The summed E-state index contributed by atoms with van der Waals surface area (Å²) in [5.74, 6) is -1.49. The Kier molecular flexibility index (Phi) is 8.40. The first-order valence-electron chi connectivity index (χ1n) is 11.8. The Morgan fingerprint density at radius 1 is 1.05 bits per heavy atom. The molecule has 4 aromatic rings. The zero-order chi connectivity index (χ0) is 27.9. The molecule has 2 amide bonds. The summed E-state index contributed by atoms with van der Waals surface area (Å²) in [6, 6.07) is 17.5. The Balaban J connectivity index is 1.63. The van der Waals surface area contributed by atoms with Gasteiger partial charge >= 0.3 is 6.09 Å². The summed E-state index contributed by atoms with van der Waals surface area (Å²) in [7, 11) is 1.50. The van der Waals surface area contributed by atoms with Crippen molar-refractivity contribution in [2.45, 2.75) is 26.2 Å². The van der Waals surface area contributed by atoms with Gasteiger partial charge in [0.05, 0.1) is 7.11 Å². The molecule has 9 nitrogen and oxygen atoms in total. The van der Waals surface area contributed by atoms with E-state index in [9.17, 15) is 18.4 Å². The number of carbonyl (C=O) groups is 2. The van der Waals surface area contributed by atoms with Gasteiger partial charge in [0, 0.05) is 23.7 Å². The van der Waals surface area contributed by atoms with E-state index in [-0.39, 0.29) is 36.1 Å². The number of hydrogen-bond donors (Lipinski definition) is 2. The molecule has 3 N–H and O–H groups in total. The third-order valence-electron chi connectivity index (χ3n) is 5.63. The largest absolute Gasteiger partial charge is 0.493 e. The van der Waals surface area contributed by atoms with Crippen LogP contribution in [0.25, 0.3) is 11.5 Å². The van der Waals surface area contributed by atoms with E-state index in [0.717, 1.165) is 11.6 Å². The molecule has 0 saturated carbocycles. The van der Waals surface area contributed by atoms with Crippen molar-refractivity contribution >= 4 is 12.0 Å². The SMILES string of the molecule is COc1ccc(-c2nc(C(=O)NCc3ccc(F)cc3F)c([C@H](C)OC(N)=O)o2)cc1OCc1ccccc1. The van der Waals surface area contributed by atoms with Gasteiger partial charge in [0.25, 0.3) is 5.91 Å². The standard InChI is InChI=1S/C28H25F2N3O6/c1-16(38-28(31)35)25-24(26(34)32-14-19-8-10-20(29)13-21(19)30)33-27(39-25)18-9-11-22(36-2)23(12-18)37-15-17-6-4-3-5-7-17/h3-13,16H,14-15H2,1-2H3,(H2,31,35)(H,32,34)/t16-/m0/s1. The van der Waals surface area contributed by atoms with Crippen molar-refractivity contribution < 1.29 is 37.0 Å². The van der Waals surface area contributed by atoms with Crippen LogP contribution in [0.2, 0.25) is 0 Å². The van der Waals surface area contributed by atoms with Gasteiger partial charge in [-0.3, -0.25) is 4.79 Å². The van der Waals surface area contributed by atoms with Crippen LogP contribution in [0.4, 0.5) is 13.6 Å². The Morgan fingerprint density at radius 3 is 2.51 bits per heavy atom. The van der Waals surface area contributed by atoms with E-state index in [1.165, 1.54) is 20.1 Å². The molecule has 4 rings (SSSR count). The molecule has 1 atom stereocenters. The molecule has 0 bridgehead atoms. The fraction of sp³-hybridized carbons (Fsp3) is 0.179. The number of nitrogens with one attached hydrogen (secondary N) is 1. The molecule has 0 aliphatic heterocycles. The average Bonchev–Trinajstić information content (AvgIpc) is 3.37. The van der Waals surface area contributed by atoms with Gasteiger partial charge < -0.3 is 29.7 Å². The number of halogens is 2. The zero-order valence-electron chi connectivity index (χ0n) is 21.1. The van der Waals surface area contributed by atoms with Crippen LogP contribution < -0.4 is 20.5 Å². The first kappa shape index (κ1) is 27.1. The molecule has 0 radical (unpaired) electrons. The number of primary amides is 1. The first-order valence-corrected chi connectivity index (χ1v) is 11.8. The van der Waals surface area contributed by atoms with Crippen molar-refractivity contribution in [1.82, 2.24) is 10.3 Å². The first-order chi connectivity index (χ1) is 18.7. The van der Waals surface area contributed by atoms with Crippen LogP contribution in [0.5, 0.6) is 11.5 Å². The minimum absolute atomic E-state index is 0.0234. The number of carbonyl (C=O) groups excluding carboxylic acids is 2. The molecule has 0 aliphatic carbocycles. The van der Waals surface area contributed by atoms with Crippen molar-refractivity contribution in [2.24, 2.45) is 5.73 Å². The van der Waals surface area contributed by atoms with E-state index in [4.69, 9.17) is 24.4 Å². The van der Waals surface area contributed by atoms with Gasteiger partial charge in [-0.25, -0.2) is 18.6 Å². The highest BCUT2D eigenvalue weighted by molar-refractivity contribution is 5.94. The van der Waals surface area contributed by atoms with Crippen molar-refractivity contribution in [3.05, 3.63) is 101 Å². The zero-order valence-corrected chi connectivity index (χ0v) is 21.1. The lowest BCUT2D eigenvalue weighted by molar-refractivity contribution is 0.0904. The lowest BCUT2D eigenvalue weighted by atomic mass is 10.2. The molecule has 1 aromatic heterocycles. The summed E-state index contributed by atoms with van der Waals surface area (Å²) < 4.78 is 49.4. The predicted octanol–water partition coefficient (Wildman–Crippen LogP) is 5.29. The Hall–Kier alpha value is -4.93. The van der Waals surface area contributed by atoms with Gasteiger partial charge in [0.15, 0.2) is 29.1 Å². The number of ether oxygens (including phenoxy) is 3. The summed E-state index contributed by atoms with van der Waals surface area (Å²) in [5, 5.41) is 2.52. The molecule has 39 heavy (non-hydrogen) atoms. The average molecular weight is 538 g/mol. The van der Waals surface area contributed by atoms with Crippen molar-refractivity contribution in [3.8, 4) is 23.0 Å². The number of amides is 2. The molecule has 3 aromatic carbocycles. The van der Waals surface area contributed by atoms with Crippen molar-refractivity contribution in [2.75, 3.05) is 7.11 Å². The van der Waals surface area contributed by atoms with Gasteiger partial charge in [-0.2, -0.15) is 0 Å². The fourth-order valence-electron chi connectivity index (χ4n) is 3.70. The number of rotatable bonds is 10. The lowest BCUT2D eigenvalue weighted by Gasteiger charge is -2.12. The van der Waals surface area contributed by atoms with E-state index in [1.807, 2.05) is 30.3 Å². The highest BCUT2D eigenvalue weighted by atomic mass is 19.1. The van der Waals surface area contributed by atoms with Gasteiger partial charge in [-0.05, 0) is 36.8 Å². The molecule has 202 valence electrons. The molecular formula is C28H25F2N3O6. The van der Waals surface area contributed by atoms with Crippen LogP contribution in [0.15, 0.2) is 71.1 Å². The fourth-order valence-corrected chi connectivity index (χ4v) is 3.70. The minimum Gasteiger partial charge on any atom is -0.493 e. The summed E-state index contributed by atoms with van der Waals surface area (Å²) >= 11 is 0. The van der Waals surface area contributed by atoms with E-state index in [0.29, 0.717) is 23.1 Å². The quantitative estimate of drug-likeness (QED) is 0.281. The predicted molar refractivity (Wildman–Crippen MR) is 136 cm³/mol. The monoisotopic (exact) mass is 537 g/mol. The minimum atomic E-state index is -1.08. The van der Waals surface area contributed by atoms with E-state index < -0.39 is 29.7 Å². The van der Waals surface area contributed by atoms with Crippen LogP contribution in [0, 0.1) is 11.6 Å². The summed E-state index contributed by atoms with van der Waals surface area (Å²) in [5.41, 5.74) is 6.38. The maximum absolute atomic E-state index is 14.0. The number of methoxy groups -OCH3 is 1. The second-order valence-corrected chi connectivity index (χ2v) is 8.37. The molecule has 0 saturated heterocycles. The number of oxazole rings is 1. The van der Waals surface area contributed by atoms with Gasteiger partial charge in [0.1, 0.15) is 18.2 Å². The molecule has 0 unspecified atom stereocenters. The molecule has 0 spiro atoms. The number of aromatic nitrogens is 1. The summed E-state index contributed by atoms with van der Waals surface area (Å²) in [6.45, 7) is 1.47. The van der Waals surface area contributed by atoms with Gasteiger partial charge in [0.2, 0.25) is 5.89 Å². The summed E-state index contributed by atoms with van der Waals surface area (Å²) in [6.07, 6.45) is -2.15. The number of benzene rings is 3. The lowest BCUT2D eigenvalue weighted by Crippen LogP contribution is -2.26. The highest BCUT2D eigenvalue weighted by Gasteiger charge is 2.27. The van der Waals surface area contributed by atoms with Gasteiger partial charge in [-0.15, -0.1) is 0 Å². The van der Waals surface area contributed by atoms with Gasteiger partial charge in [-0.1, -0.05) is 36.4 Å². The topological polar surface area (TPSA) is 126 Å². The smallest absolute Gasteiger partial charge is 0.405 e. The van der Waals surface area contributed by atoms with Crippen LogP contribution in [-0.2, 0) is 17.9 Å². The molecule has 11 heteroatoms. The van der Waals surface area contributed by atoms with Crippen LogP contribution in [0.3, 0.4) is 0 Å². The van der Waals surface area contributed by atoms with Crippen molar-refractivity contribution in [3.63, 3.8) is 0 Å². The molecule has 1 heterocycles. The van der Waals surface area contributed by atoms with E-state index in [1.54, 1.807) is 18.2 Å². The molecule has 0 aliphatic rings. The maximum Gasteiger partial charge on any atom is 0.405 e. The van der Waals surface area contributed by atoms with Crippen molar-refractivity contribution in [1.29, 1.82) is 0 Å². The summed E-state index contributed by atoms with van der Waals surface area (Å²) in [4.78, 5) is 28.7. The second-order valence-electron chi connectivity index (χ2n) is 8.37. The number of nitrogens with two attached hydrogens (primary N) is 1.